The number of hydrogen-bond acceptors (Lipinski definition) is 5. The number of aryl methyl sites for hydroxylation is 1. The molecule has 1 aromatic heterocycles. The number of amides is 2. The second-order valence-corrected chi connectivity index (χ2v) is 6.32. The summed E-state index contributed by atoms with van der Waals surface area (Å²) >= 11 is 3.15. The fraction of sp³-hybridized carbons (Fsp3) is 0.333. The van der Waals surface area contributed by atoms with E-state index in [0.717, 1.165) is 12.8 Å². The zero-order valence-corrected chi connectivity index (χ0v) is 16.4. The first-order valence-electron chi connectivity index (χ1n) is 8.13. The summed E-state index contributed by atoms with van der Waals surface area (Å²) in [6.07, 6.45) is 1.95. The molecule has 0 atom stereocenters. The third-order valence-corrected chi connectivity index (χ3v) is 3.96. The number of furan rings is 1. The Kier molecular flexibility index (Phi) is 7.08. The van der Waals surface area contributed by atoms with Crippen molar-refractivity contribution in [2.45, 2.75) is 26.7 Å². The van der Waals surface area contributed by atoms with Gasteiger partial charge in [-0.15, -0.1) is 0 Å². The molecule has 0 aliphatic heterocycles. The van der Waals surface area contributed by atoms with Crippen molar-refractivity contribution in [3.05, 3.63) is 45.8 Å². The molecule has 8 heteroatoms. The molecule has 2 rings (SSSR count). The molecule has 7 nitrogen and oxygen atoms in total. The van der Waals surface area contributed by atoms with E-state index in [-0.39, 0.29) is 5.76 Å². The number of unbranched alkanes of at least 4 members (excludes halogenated alkanes) is 1. The summed E-state index contributed by atoms with van der Waals surface area (Å²) in [6, 6.07) is 6.48. The average Bonchev–Trinajstić information content (AvgIpc) is 2.98. The van der Waals surface area contributed by atoms with Crippen molar-refractivity contribution >= 4 is 27.7 Å². The van der Waals surface area contributed by atoms with E-state index in [1.165, 1.54) is 7.11 Å². The first kappa shape index (κ1) is 19.8. The Bertz CT molecular complexity index is 788. The summed E-state index contributed by atoms with van der Waals surface area (Å²) in [7, 11) is 1.50. The summed E-state index contributed by atoms with van der Waals surface area (Å²) in [5.74, 6) is 0.103. The van der Waals surface area contributed by atoms with Gasteiger partial charge < -0.3 is 13.9 Å². The zero-order chi connectivity index (χ0) is 19.1. The van der Waals surface area contributed by atoms with E-state index in [1.54, 1.807) is 31.2 Å². The van der Waals surface area contributed by atoms with E-state index >= 15 is 0 Å². The Morgan fingerprint density at radius 3 is 2.50 bits per heavy atom. The molecule has 1 aromatic carbocycles. The Labute approximate surface area is 160 Å². The smallest absolute Gasteiger partial charge is 0.305 e. The Balaban J connectivity index is 2.00. The van der Waals surface area contributed by atoms with Crippen LogP contribution in [0, 0.1) is 6.92 Å². The van der Waals surface area contributed by atoms with E-state index in [4.69, 9.17) is 13.9 Å². The van der Waals surface area contributed by atoms with E-state index in [9.17, 15) is 9.59 Å². The molecule has 0 radical (unpaired) electrons. The summed E-state index contributed by atoms with van der Waals surface area (Å²) < 4.78 is 16.6. The molecule has 0 bridgehead atoms. The van der Waals surface area contributed by atoms with Gasteiger partial charge in [-0.25, -0.2) is 0 Å². The predicted molar refractivity (Wildman–Crippen MR) is 99.5 cm³/mol. The number of nitrogens with one attached hydrogen (secondary N) is 2. The van der Waals surface area contributed by atoms with Crippen molar-refractivity contribution in [3.63, 3.8) is 0 Å². The number of hydrogen-bond donors (Lipinski definition) is 2. The molecule has 0 fully saturated rings. The van der Waals surface area contributed by atoms with Crippen LogP contribution >= 0.6 is 15.9 Å². The van der Waals surface area contributed by atoms with Gasteiger partial charge in [-0.2, -0.15) is 0 Å². The van der Waals surface area contributed by atoms with E-state index in [2.05, 4.69) is 33.7 Å². The lowest BCUT2D eigenvalue weighted by atomic mass is 10.2. The molecular weight excluding hydrogens is 404 g/mol. The first-order chi connectivity index (χ1) is 12.5. The predicted octanol–water partition coefficient (Wildman–Crippen LogP) is 3.61. The van der Waals surface area contributed by atoms with Crippen molar-refractivity contribution in [1.82, 2.24) is 10.9 Å². The SMILES string of the molecule is CCCCOc1ccc(C(=O)NNC(=O)c2oc(Br)cc2C)cc1OC. The fourth-order valence-electron chi connectivity index (χ4n) is 2.17. The van der Waals surface area contributed by atoms with Crippen LogP contribution in [0.3, 0.4) is 0 Å². The van der Waals surface area contributed by atoms with Gasteiger partial charge in [0.2, 0.25) is 0 Å². The number of benzene rings is 1. The summed E-state index contributed by atoms with van der Waals surface area (Å²) in [5.41, 5.74) is 5.64. The molecule has 0 saturated carbocycles. The minimum Gasteiger partial charge on any atom is -0.493 e. The lowest BCUT2D eigenvalue weighted by Crippen LogP contribution is -2.41. The lowest BCUT2D eigenvalue weighted by molar-refractivity contribution is 0.0829. The zero-order valence-electron chi connectivity index (χ0n) is 14.8. The highest BCUT2D eigenvalue weighted by atomic mass is 79.9. The maximum atomic E-state index is 12.2. The highest BCUT2D eigenvalue weighted by molar-refractivity contribution is 9.10. The maximum Gasteiger partial charge on any atom is 0.305 e. The lowest BCUT2D eigenvalue weighted by Gasteiger charge is -2.12. The van der Waals surface area contributed by atoms with Crippen molar-refractivity contribution in [2.24, 2.45) is 0 Å². The monoisotopic (exact) mass is 424 g/mol. The topological polar surface area (TPSA) is 89.8 Å². The van der Waals surface area contributed by atoms with Gasteiger partial charge in [-0.05, 0) is 53.5 Å². The minimum absolute atomic E-state index is 0.120. The molecule has 0 unspecified atom stereocenters. The number of ether oxygens (including phenoxy) is 2. The van der Waals surface area contributed by atoms with E-state index in [1.807, 2.05) is 0 Å². The van der Waals surface area contributed by atoms with Crippen LogP contribution in [-0.2, 0) is 0 Å². The molecule has 2 aromatic rings. The van der Waals surface area contributed by atoms with E-state index < -0.39 is 11.8 Å². The van der Waals surface area contributed by atoms with Crippen LogP contribution in [-0.4, -0.2) is 25.5 Å². The Morgan fingerprint density at radius 2 is 1.88 bits per heavy atom. The molecule has 1 heterocycles. The third kappa shape index (κ3) is 5.01. The van der Waals surface area contributed by atoms with E-state index in [0.29, 0.717) is 33.9 Å². The molecule has 0 aliphatic carbocycles. The largest absolute Gasteiger partial charge is 0.493 e. The molecule has 0 aliphatic rings. The number of rotatable bonds is 7. The molecular formula is C18H21BrN2O5. The van der Waals surface area contributed by atoms with Gasteiger partial charge in [0.15, 0.2) is 21.9 Å². The average molecular weight is 425 g/mol. The Morgan fingerprint density at radius 1 is 1.15 bits per heavy atom. The van der Waals surface area contributed by atoms with Crippen molar-refractivity contribution in [2.75, 3.05) is 13.7 Å². The van der Waals surface area contributed by atoms with Gasteiger partial charge in [0.1, 0.15) is 0 Å². The fourth-order valence-corrected chi connectivity index (χ4v) is 2.67. The molecule has 0 spiro atoms. The van der Waals surface area contributed by atoms with Crippen molar-refractivity contribution in [3.8, 4) is 11.5 Å². The highest BCUT2D eigenvalue weighted by Gasteiger charge is 2.17. The van der Waals surface area contributed by atoms with Crippen molar-refractivity contribution in [1.29, 1.82) is 0 Å². The van der Waals surface area contributed by atoms with Crippen LogP contribution in [0.15, 0.2) is 33.4 Å². The number of methoxy groups -OCH3 is 1. The van der Waals surface area contributed by atoms with Crippen LogP contribution in [0.4, 0.5) is 0 Å². The molecule has 26 heavy (non-hydrogen) atoms. The third-order valence-electron chi connectivity index (χ3n) is 3.56. The van der Waals surface area contributed by atoms with Gasteiger partial charge in [0, 0.05) is 11.1 Å². The second kappa shape index (κ2) is 9.28. The van der Waals surface area contributed by atoms with Crippen LogP contribution in [0.5, 0.6) is 11.5 Å². The maximum absolute atomic E-state index is 12.2. The number of hydrazine groups is 1. The van der Waals surface area contributed by atoms with Gasteiger partial charge in [-0.1, -0.05) is 13.3 Å². The summed E-state index contributed by atoms with van der Waals surface area (Å²) in [6.45, 7) is 4.38. The number of carbonyl (C=O) groups is 2. The quantitative estimate of drug-likeness (QED) is 0.523. The van der Waals surface area contributed by atoms with Crippen LogP contribution in [0.1, 0.15) is 46.2 Å². The minimum atomic E-state index is -0.548. The van der Waals surface area contributed by atoms with Gasteiger partial charge in [0.05, 0.1) is 13.7 Å². The first-order valence-corrected chi connectivity index (χ1v) is 8.93. The highest BCUT2D eigenvalue weighted by Crippen LogP contribution is 2.28. The van der Waals surface area contributed by atoms with Crippen LogP contribution in [0.25, 0.3) is 0 Å². The van der Waals surface area contributed by atoms with Crippen molar-refractivity contribution < 1.29 is 23.5 Å². The van der Waals surface area contributed by atoms with Gasteiger partial charge >= 0.3 is 5.91 Å². The van der Waals surface area contributed by atoms with Gasteiger partial charge in [-0.3, -0.25) is 20.4 Å². The van der Waals surface area contributed by atoms with Gasteiger partial charge in [0.25, 0.3) is 5.91 Å². The molecule has 2 N–H and O–H groups in total. The number of halogens is 1. The van der Waals surface area contributed by atoms with Crippen LogP contribution < -0.4 is 20.3 Å². The normalized spacial score (nSPS) is 10.3. The summed E-state index contributed by atoms with van der Waals surface area (Å²) in [4.78, 5) is 24.3. The standard InChI is InChI=1S/C18H21BrN2O5/c1-4-5-8-25-13-7-6-12(10-14(13)24-3)17(22)20-21-18(23)16-11(2)9-15(19)26-16/h6-7,9-10H,4-5,8H2,1-3H3,(H,20,22)(H,21,23). The second-order valence-electron chi connectivity index (χ2n) is 5.54. The summed E-state index contributed by atoms with van der Waals surface area (Å²) in [5, 5.41) is 0. The molecule has 0 saturated heterocycles. The van der Waals surface area contributed by atoms with Crippen LogP contribution in [0.2, 0.25) is 0 Å². The Hall–Kier alpha value is -2.48. The molecule has 2 amide bonds. The molecule has 140 valence electrons. The number of carbonyl (C=O) groups excluding carboxylic acids is 2.